The van der Waals surface area contributed by atoms with Crippen LogP contribution in [-0.4, -0.2) is 16.9 Å². The third-order valence-corrected chi connectivity index (χ3v) is 4.14. The third-order valence-electron chi connectivity index (χ3n) is 3.42. The third kappa shape index (κ3) is 3.04. The number of fused-ring (bicyclic) bond motifs is 1. The summed E-state index contributed by atoms with van der Waals surface area (Å²) in [5.74, 6) is -2.15. The van der Waals surface area contributed by atoms with Crippen molar-refractivity contribution in [3.05, 3.63) is 69.8 Å². The maximum atomic E-state index is 12.5. The second kappa shape index (κ2) is 6.47. The number of aromatic carboxylic acids is 1. The molecular formula is C17H9Cl2N2O3-. The Morgan fingerprint density at radius 1 is 1.00 bits per heavy atom. The van der Waals surface area contributed by atoms with Gasteiger partial charge in [0.2, 0.25) is 0 Å². The molecule has 0 radical (unpaired) electrons. The van der Waals surface area contributed by atoms with Gasteiger partial charge in [0, 0.05) is 17.1 Å². The van der Waals surface area contributed by atoms with Crippen LogP contribution in [0.15, 0.2) is 48.7 Å². The Bertz CT molecular complexity index is 968. The molecule has 1 aromatic heterocycles. The molecule has 120 valence electrons. The van der Waals surface area contributed by atoms with Crippen LogP contribution in [0.25, 0.3) is 10.9 Å². The number of nitrogens with one attached hydrogen (secondary N) is 1. The van der Waals surface area contributed by atoms with E-state index in [4.69, 9.17) is 23.2 Å². The summed E-state index contributed by atoms with van der Waals surface area (Å²) in [7, 11) is 0. The van der Waals surface area contributed by atoms with Gasteiger partial charge in [-0.3, -0.25) is 9.78 Å². The molecule has 0 bridgehead atoms. The Morgan fingerprint density at radius 2 is 1.71 bits per heavy atom. The van der Waals surface area contributed by atoms with E-state index < -0.39 is 11.9 Å². The molecule has 1 N–H and O–H groups in total. The number of hydrogen-bond acceptors (Lipinski definition) is 4. The highest BCUT2D eigenvalue weighted by molar-refractivity contribution is 6.42. The van der Waals surface area contributed by atoms with E-state index in [1.807, 2.05) is 0 Å². The zero-order chi connectivity index (χ0) is 17.3. The molecule has 1 amide bonds. The molecule has 0 atom stereocenters. The van der Waals surface area contributed by atoms with Gasteiger partial charge in [-0.1, -0.05) is 29.3 Å². The molecule has 24 heavy (non-hydrogen) atoms. The van der Waals surface area contributed by atoms with Crippen molar-refractivity contribution in [2.75, 3.05) is 5.32 Å². The van der Waals surface area contributed by atoms with E-state index in [0.29, 0.717) is 11.2 Å². The molecule has 0 aliphatic rings. The second-order valence-electron chi connectivity index (χ2n) is 4.93. The highest BCUT2D eigenvalue weighted by atomic mass is 35.5. The number of aromatic nitrogens is 1. The number of carboxylic acid groups (broad SMARTS) is 1. The number of carboxylic acids is 1. The van der Waals surface area contributed by atoms with Crippen LogP contribution in [0.4, 0.5) is 5.69 Å². The summed E-state index contributed by atoms with van der Waals surface area (Å²) in [6.45, 7) is 0. The molecule has 0 saturated carbocycles. The number of anilines is 1. The molecule has 7 heteroatoms. The van der Waals surface area contributed by atoms with Crippen molar-refractivity contribution in [2.45, 2.75) is 0 Å². The lowest BCUT2D eigenvalue weighted by Gasteiger charge is -2.13. The highest BCUT2D eigenvalue weighted by Gasteiger charge is 2.16. The highest BCUT2D eigenvalue weighted by Crippen LogP contribution is 2.27. The monoisotopic (exact) mass is 359 g/mol. The summed E-state index contributed by atoms with van der Waals surface area (Å²) >= 11 is 11.7. The molecule has 0 fully saturated rings. The van der Waals surface area contributed by atoms with Crippen LogP contribution in [0.3, 0.4) is 0 Å². The maximum absolute atomic E-state index is 12.5. The molecule has 0 saturated heterocycles. The minimum Gasteiger partial charge on any atom is -0.545 e. The quantitative estimate of drug-likeness (QED) is 0.778. The van der Waals surface area contributed by atoms with Crippen molar-refractivity contribution >= 4 is 51.7 Å². The largest absolute Gasteiger partial charge is 0.545 e. The van der Waals surface area contributed by atoms with Gasteiger partial charge in [-0.05, 0) is 36.4 Å². The van der Waals surface area contributed by atoms with Crippen LogP contribution in [0.1, 0.15) is 20.7 Å². The molecule has 0 aliphatic heterocycles. The molecule has 0 spiro atoms. The minimum atomic E-state index is -1.52. The number of halogens is 2. The van der Waals surface area contributed by atoms with Crippen LogP contribution >= 0.6 is 23.2 Å². The first-order valence-corrected chi connectivity index (χ1v) is 7.58. The number of nitrogens with zero attached hydrogens (tertiary/aromatic N) is 1. The van der Waals surface area contributed by atoms with E-state index in [0.717, 1.165) is 11.5 Å². The lowest BCUT2D eigenvalue weighted by Crippen LogP contribution is -2.26. The van der Waals surface area contributed by atoms with Crippen molar-refractivity contribution < 1.29 is 14.7 Å². The summed E-state index contributed by atoms with van der Waals surface area (Å²) in [5.41, 5.74) is 0.732. The van der Waals surface area contributed by atoms with Crippen molar-refractivity contribution in [1.29, 1.82) is 0 Å². The summed E-state index contributed by atoms with van der Waals surface area (Å²) in [5, 5.41) is 14.8. The van der Waals surface area contributed by atoms with Crippen LogP contribution in [-0.2, 0) is 0 Å². The Morgan fingerprint density at radius 3 is 2.42 bits per heavy atom. The Hall–Kier alpha value is -2.63. The van der Waals surface area contributed by atoms with Crippen LogP contribution in [0.2, 0.25) is 10.0 Å². The molecule has 0 unspecified atom stereocenters. The van der Waals surface area contributed by atoms with Gasteiger partial charge in [-0.25, -0.2) is 0 Å². The molecule has 1 heterocycles. The lowest BCUT2D eigenvalue weighted by atomic mass is 10.1. The Labute approximate surface area is 146 Å². The molecule has 3 rings (SSSR count). The molecule has 0 aliphatic carbocycles. The van der Waals surface area contributed by atoms with Gasteiger partial charge in [-0.2, -0.15) is 0 Å². The predicted molar refractivity (Wildman–Crippen MR) is 90.5 cm³/mol. The number of benzene rings is 2. The zero-order valence-electron chi connectivity index (χ0n) is 12.0. The van der Waals surface area contributed by atoms with Gasteiger partial charge in [-0.15, -0.1) is 0 Å². The fourth-order valence-corrected chi connectivity index (χ4v) is 2.63. The summed E-state index contributed by atoms with van der Waals surface area (Å²) in [6.07, 6.45) is 1.64. The predicted octanol–water partition coefficient (Wildman–Crippen LogP) is 3.16. The molecule has 3 aromatic rings. The van der Waals surface area contributed by atoms with Crippen molar-refractivity contribution in [3.8, 4) is 0 Å². The van der Waals surface area contributed by atoms with Crippen molar-refractivity contribution in [3.63, 3.8) is 0 Å². The molecule has 2 aromatic carbocycles. The topological polar surface area (TPSA) is 82.1 Å². The first kappa shape index (κ1) is 16.2. The van der Waals surface area contributed by atoms with E-state index in [1.165, 1.54) is 6.07 Å². The van der Waals surface area contributed by atoms with E-state index in [-0.39, 0.29) is 21.2 Å². The maximum Gasteiger partial charge on any atom is 0.256 e. The molecular weight excluding hydrogens is 351 g/mol. The second-order valence-corrected chi connectivity index (χ2v) is 5.74. The minimum absolute atomic E-state index is 0.0294. The van der Waals surface area contributed by atoms with Crippen LogP contribution in [0.5, 0.6) is 0 Å². The first-order valence-electron chi connectivity index (χ1n) is 6.83. The van der Waals surface area contributed by atoms with Gasteiger partial charge in [0.25, 0.3) is 5.91 Å². The van der Waals surface area contributed by atoms with Crippen LogP contribution < -0.4 is 10.4 Å². The van der Waals surface area contributed by atoms with Crippen molar-refractivity contribution in [2.24, 2.45) is 0 Å². The number of carbonyl (C=O) groups excluding carboxylic acids is 2. The summed E-state index contributed by atoms with van der Waals surface area (Å²) in [6, 6.07) is 11.1. The zero-order valence-corrected chi connectivity index (χ0v) is 13.6. The Kier molecular flexibility index (Phi) is 4.38. The van der Waals surface area contributed by atoms with Gasteiger partial charge in [0.05, 0.1) is 32.8 Å². The summed E-state index contributed by atoms with van der Waals surface area (Å²) < 4.78 is 0. The normalized spacial score (nSPS) is 10.6. The van der Waals surface area contributed by atoms with E-state index >= 15 is 0 Å². The van der Waals surface area contributed by atoms with Gasteiger partial charge in [0.1, 0.15) is 0 Å². The standard InChI is InChI=1S/C17H10Cl2N2O3/c18-12-7-10(11(17(23)24)8-13(12)19)16(22)21-15-5-1-4-14-9(15)3-2-6-20-14/h1-8H,(H,21,22)(H,23,24)/p-1. The van der Waals surface area contributed by atoms with Gasteiger partial charge < -0.3 is 15.2 Å². The van der Waals surface area contributed by atoms with E-state index in [9.17, 15) is 14.7 Å². The van der Waals surface area contributed by atoms with E-state index in [2.05, 4.69) is 10.3 Å². The van der Waals surface area contributed by atoms with Crippen LogP contribution in [0, 0.1) is 0 Å². The average Bonchev–Trinajstić information content (AvgIpc) is 2.57. The first-order chi connectivity index (χ1) is 11.5. The fourth-order valence-electron chi connectivity index (χ4n) is 2.31. The fraction of sp³-hybridized carbons (Fsp3) is 0. The Balaban J connectivity index is 2.04. The number of carbonyl (C=O) groups is 2. The van der Waals surface area contributed by atoms with E-state index in [1.54, 1.807) is 36.5 Å². The number of hydrogen-bond donors (Lipinski definition) is 1. The van der Waals surface area contributed by atoms with Crippen molar-refractivity contribution in [1.82, 2.24) is 4.98 Å². The lowest BCUT2D eigenvalue weighted by molar-refractivity contribution is -0.255. The molecule has 5 nitrogen and oxygen atoms in total. The number of pyridine rings is 1. The summed E-state index contributed by atoms with van der Waals surface area (Å²) in [4.78, 5) is 28.0. The SMILES string of the molecule is O=C([O-])c1cc(Cl)c(Cl)cc1C(=O)Nc1cccc2ncccc12. The number of rotatable bonds is 3. The average molecular weight is 360 g/mol. The van der Waals surface area contributed by atoms with Gasteiger partial charge >= 0.3 is 0 Å². The smallest absolute Gasteiger partial charge is 0.256 e. The van der Waals surface area contributed by atoms with Gasteiger partial charge in [0.15, 0.2) is 0 Å². The number of amides is 1.